The summed E-state index contributed by atoms with van der Waals surface area (Å²) in [5.74, 6) is 1.71. The fourth-order valence-electron chi connectivity index (χ4n) is 3.00. The first-order chi connectivity index (χ1) is 13.0. The van der Waals surface area contributed by atoms with E-state index in [-0.39, 0.29) is 11.9 Å². The van der Waals surface area contributed by atoms with Crippen molar-refractivity contribution in [3.63, 3.8) is 0 Å². The maximum atomic E-state index is 12.4. The van der Waals surface area contributed by atoms with Crippen LogP contribution in [0.2, 0.25) is 0 Å². The van der Waals surface area contributed by atoms with Crippen LogP contribution in [0.1, 0.15) is 30.5 Å². The van der Waals surface area contributed by atoms with Gasteiger partial charge in [-0.3, -0.25) is 4.79 Å². The van der Waals surface area contributed by atoms with Crippen molar-refractivity contribution in [2.24, 2.45) is 0 Å². The molecule has 1 unspecified atom stereocenters. The van der Waals surface area contributed by atoms with Crippen LogP contribution < -0.4 is 14.8 Å². The van der Waals surface area contributed by atoms with E-state index in [1.54, 1.807) is 7.11 Å². The Kier molecular flexibility index (Phi) is 8.14. The fourth-order valence-corrected chi connectivity index (χ4v) is 3.00. The van der Waals surface area contributed by atoms with Crippen molar-refractivity contribution in [1.29, 1.82) is 0 Å². The van der Waals surface area contributed by atoms with Crippen LogP contribution in [0.25, 0.3) is 0 Å². The number of nitrogens with zero attached hydrogens (tertiary/aromatic N) is 1. The molecule has 0 spiro atoms. The van der Waals surface area contributed by atoms with Gasteiger partial charge in [-0.1, -0.05) is 30.3 Å². The molecule has 0 radical (unpaired) electrons. The van der Waals surface area contributed by atoms with E-state index < -0.39 is 0 Å². The Morgan fingerprint density at radius 3 is 2.63 bits per heavy atom. The topological polar surface area (TPSA) is 50.8 Å². The predicted octanol–water partition coefficient (Wildman–Crippen LogP) is 3.45. The summed E-state index contributed by atoms with van der Waals surface area (Å²) in [6.45, 7) is 3.13. The van der Waals surface area contributed by atoms with E-state index in [2.05, 4.69) is 16.3 Å². The minimum atomic E-state index is 0.0380. The van der Waals surface area contributed by atoms with E-state index in [1.807, 2.05) is 63.5 Å². The Morgan fingerprint density at radius 2 is 1.93 bits per heavy atom. The zero-order valence-corrected chi connectivity index (χ0v) is 16.7. The number of hydrogen-bond acceptors (Lipinski definition) is 4. The van der Waals surface area contributed by atoms with E-state index in [0.29, 0.717) is 26.0 Å². The highest BCUT2D eigenvalue weighted by molar-refractivity contribution is 5.76. The van der Waals surface area contributed by atoms with Gasteiger partial charge >= 0.3 is 0 Å². The van der Waals surface area contributed by atoms with E-state index in [9.17, 15) is 4.79 Å². The molecule has 2 aromatic carbocycles. The first-order valence-electron chi connectivity index (χ1n) is 9.33. The smallest absolute Gasteiger partial charge is 0.220 e. The molecule has 0 heterocycles. The van der Waals surface area contributed by atoms with Gasteiger partial charge in [0.1, 0.15) is 11.5 Å². The van der Waals surface area contributed by atoms with E-state index in [4.69, 9.17) is 9.47 Å². The number of carbonyl (C=O) groups excluding carboxylic acids is 1. The number of ether oxygens (including phenoxy) is 2. The van der Waals surface area contributed by atoms with Gasteiger partial charge in [0.2, 0.25) is 5.91 Å². The van der Waals surface area contributed by atoms with Gasteiger partial charge in [-0.2, -0.15) is 0 Å². The van der Waals surface area contributed by atoms with Gasteiger partial charge in [-0.15, -0.1) is 0 Å². The lowest BCUT2D eigenvalue weighted by Crippen LogP contribution is -2.34. The first kappa shape index (κ1) is 20.8. The number of rotatable bonds is 10. The Labute approximate surface area is 162 Å². The number of nitrogens with one attached hydrogen (secondary N) is 1. The van der Waals surface area contributed by atoms with Gasteiger partial charge in [0.05, 0.1) is 19.8 Å². The Hall–Kier alpha value is -2.53. The van der Waals surface area contributed by atoms with E-state index >= 15 is 0 Å². The number of hydrogen-bond donors (Lipinski definition) is 1. The van der Waals surface area contributed by atoms with Gasteiger partial charge in [0.25, 0.3) is 0 Å². The van der Waals surface area contributed by atoms with Gasteiger partial charge in [-0.25, -0.2) is 0 Å². The second kappa shape index (κ2) is 10.6. The average Bonchev–Trinajstić information content (AvgIpc) is 2.67. The molecule has 2 aromatic rings. The molecule has 1 atom stereocenters. The molecular formula is C22H30N2O3. The molecule has 0 saturated carbocycles. The fraction of sp³-hybridized carbons (Fsp3) is 0.409. The molecular weight excluding hydrogens is 340 g/mol. The number of carbonyl (C=O) groups is 1. The predicted molar refractivity (Wildman–Crippen MR) is 108 cm³/mol. The van der Waals surface area contributed by atoms with Crippen molar-refractivity contribution in [3.05, 3.63) is 59.7 Å². The molecule has 0 aliphatic heterocycles. The maximum absolute atomic E-state index is 12.4. The molecule has 0 aliphatic carbocycles. The van der Waals surface area contributed by atoms with Crippen LogP contribution in [0.3, 0.4) is 0 Å². The highest BCUT2D eigenvalue weighted by Crippen LogP contribution is 2.22. The van der Waals surface area contributed by atoms with Gasteiger partial charge < -0.3 is 19.7 Å². The number of methoxy groups -OCH3 is 1. The van der Waals surface area contributed by atoms with Crippen LogP contribution >= 0.6 is 0 Å². The van der Waals surface area contributed by atoms with E-state index in [0.717, 1.165) is 22.6 Å². The summed E-state index contributed by atoms with van der Waals surface area (Å²) in [5.41, 5.74) is 2.17. The normalized spacial score (nSPS) is 11.9. The summed E-state index contributed by atoms with van der Waals surface area (Å²) in [5, 5.41) is 3.06. The molecule has 5 heteroatoms. The summed E-state index contributed by atoms with van der Waals surface area (Å²) in [7, 11) is 5.68. The van der Waals surface area contributed by atoms with Crippen molar-refractivity contribution >= 4 is 5.91 Å². The standard InChI is InChI=1S/C22H30N2O3/c1-5-27-21-12-7-6-9-17(21)13-14-22(25)23-16-20(24(2)3)18-10-8-11-19(15-18)26-4/h6-12,15,20H,5,13-14,16H2,1-4H3,(H,23,25). The second-order valence-electron chi connectivity index (χ2n) is 6.60. The van der Waals surface area contributed by atoms with Crippen molar-refractivity contribution in [3.8, 4) is 11.5 Å². The molecule has 5 nitrogen and oxygen atoms in total. The highest BCUT2D eigenvalue weighted by atomic mass is 16.5. The quantitative estimate of drug-likeness (QED) is 0.696. The number of para-hydroxylation sites is 1. The summed E-state index contributed by atoms with van der Waals surface area (Å²) >= 11 is 0. The summed E-state index contributed by atoms with van der Waals surface area (Å²) < 4.78 is 10.9. The highest BCUT2D eigenvalue weighted by Gasteiger charge is 2.16. The van der Waals surface area contributed by atoms with Crippen LogP contribution in [0, 0.1) is 0 Å². The Balaban J connectivity index is 1.92. The molecule has 1 amide bonds. The van der Waals surface area contributed by atoms with Crippen LogP contribution in [0.15, 0.2) is 48.5 Å². The minimum Gasteiger partial charge on any atom is -0.497 e. The third-order valence-corrected chi connectivity index (χ3v) is 4.49. The van der Waals surface area contributed by atoms with Crippen molar-refractivity contribution in [2.45, 2.75) is 25.8 Å². The Morgan fingerprint density at radius 1 is 1.15 bits per heavy atom. The molecule has 2 rings (SSSR count). The number of aryl methyl sites for hydroxylation is 1. The van der Waals surface area contributed by atoms with Crippen molar-refractivity contribution < 1.29 is 14.3 Å². The maximum Gasteiger partial charge on any atom is 0.220 e. The zero-order valence-electron chi connectivity index (χ0n) is 16.7. The first-order valence-corrected chi connectivity index (χ1v) is 9.33. The molecule has 27 heavy (non-hydrogen) atoms. The summed E-state index contributed by atoms with van der Waals surface area (Å²) in [6, 6.07) is 15.9. The second-order valence-corrected chi connectivity index (χ2v) is 6.60. The molecule has 146 valence electrons. The lowest BCUT2D eigenvalue weighted by molar-refractivity contribution is -0.121. The van der Waals surface area contributed by atoms with Gasteiger partial charge in [-0.05, 0) is 56.8 Å². The molecule has 0 aromatic heterocycles. The van der Waals surface area contributed by atoms with Crippen LogP contribution in [0.5, 0.6) is 11.5 Å². The van der Waals surface area contributed by atoms with Crippen molar-refractivity contribution in [1.82, 2.24) is 10.2 Å². The lowest BCUT2D eigenvalue weighted by atomic mass is 10.0. The zero-order chi connectivity index (χ0) is 19.6. The average molecular weight is 370 g/mol. The molecule has 0 aliphatic rings. The number of amides is 1. The Bertz CT molecular complexity index is 731. The number of benzene rings is 2. The van der Waals surface area contributed by atoms with Crippen LogP contribution in [-0.2, 0) is 11.2 Å². The summed E-state index contributed by atoms with van der Waals surface area (Å²) in [4.78, 5) is 14.5. The molecule has 0 bridgehead atoms. The van der Waals surface area contributed by atoms with E-state index in [1.165, 1.54) is 0 Å². The van der Waals surface area contributed by atoms with Crippen molar-refractivity contribution in [2.75, 3.05) is 34.4 Å². The minimum absolute atomic E-state index is 0.0380. The monoisotopic (exact) mass is 370 g/mol. The SMILES string of the molecule is CCOc1ccccc1CCC(=O)NCC(c1cccc(OC)c1)N(C)C. The molecule has 1 N–H and O–H groups in total. The van der Waals surface area contributed by atoms with Crippen LogP contribution in [0.4, 0.5) is 0 Å². The largest absolute Gasteiger partial charge is 0.497 e. The third-order valence-electron chi connectivity index (χ3n) is 4.49. The van der Waals surface area contributed by atoms with Gasteiger partial charge in [0.15, 0.2) is 0 Å². The lowest BCUT2D eigenvalue weighted by Gasteiger charge is -2.25. The third kappa shape index (κ3) is 6.29. The van der Waals surface area contributed by atoms with Gasteiger partial charge in [0, 0.05) is 13.0 Å². The number of likely N-dealkylation sites (N-methyl/N-ethyl adjacent to an activating group) is 1. The summed E-state index contributed by atoms with van der Waals surface area (Å²) in [6.07, 6.45) is 1.09. The molecule has 0 fully saturated rings. The molecule has 0 saturated heterocycles. The van der Waals surface area contributed by atoms with Crippen LogP contribution in [-0.4, -0.2) is 45.2 Å².